The Morgan fingerprint density at radius 2 is 2.21 bits per heavy atom. The van der Waals surface area contributed by atoms with Crippen LogP contribution in [0.15, 0.2) is 12.1 Å². The lowest BCUT2D eigenvalue weighted by Crippen LogP contribution is -2.36. The molecule has 0 bridgehead atoms. The molecule has 2 rings (SSSR count). The minimum absolute atomic E-state index is 0.00149. The molecule has 0 aliphatic carbocycles. The van der Waals surface area contributed by atoms with Crippen molar-refractivity contribution in [3.63, 3.8) is 0 Å². The minimum atomic E-state index is -0.615. The highest BCUT2D eigenvalue weighted by molar-refractivity contribution is 6.44. The summed E-state index contributed by atoms with van der Waals surface area (Å²) in [5, 5.41) is 16.6. The number of halogens is 2. The number of rotatable bonds is 3. The van der Waals surface area contributed by atoms with Crippen LogP contribution in [0.4, 0.5) is 5.69 Å². The van der Waals surface area contributed by atoms with Crippen LogP contribution < -0.4 is 10.6 Å². The third-order valence-corrected chi connectivity index (χ3v) is 3.67. The fraction of sp³-hybridized carbons (Fsp3) is 0.364. The van der Waals surface area contributed by atoms with Crippen LogP contribution in [0.25, 0.3) is 0 Å². The molecule has 0 saturated carbocycles. The Morgan fingerprint density at radius 1 is 1.47 bits per heavy atom. The summed E-state index contributed by atoms with van der Waals surface area (Å²) in [6.07, 6.45) is 0.812. The van der Waals surface area contributed by atoms with Crippen molar-refractivity contribution in [3.05, 3.63) is 37.9 Å². The minimum Gasteiger partial charge on any atom is -0.348 e. The summed E-state index contributed by atoms with van der Waals surface area (Å²) in [4.78, 5) is 22.2. The first-order valence-corrected chi connectivity index (χ1v) is 6.39. The fourth-order valence-electron chi connectivity index (χ4n) is 1.89. The maximum atomic E-state index is 12.0. The molecule has 1 fully saturated rings. The molecule has 6 nitrogen and oxygen atoms in total. The van der Waals surface area contributed by atoms with Crippen molar-refractivity contribution >= 4 is 34.8 Å². The number of nitro groups is 1. The number of nitrogens with one attached hydrogen (secondary N) is 2. The smallest absolute Gasteiger partial charge is 0.271 e. The topological polar surface area (TPSA) is 84.3 Å². The first-order valence-electron chi connectivity index (χ1n) is 5.64. The number of carbonyl (C=O) groups excluding carboxylic acids is 1. The summed E-state index contributed by atoms with van der Waals surface area (Å²) in [6.45, 7) is 1.50. The van der Waals surface area contributed by atoms with Crippen molar-refractivity contribution < 1.29 is 9.72 Å². The number of hydrogen-bond donors (Lipinski definition) is 2. The molecule has 8 heteroatoms. The van der Waals surface area contributed by atoms with Gasteiger partial charge in [-0.15, -0.1) is 0 Å². The number of non-ortho nitro benzene ring substituents is 1. The molecule has 1 aliphatic heterocycles. The highest BCUT2D eigenvalue weighted by Gasteiger charge is 2.22. The standard InChI is InChI=1S/C11H11Cl2N3O3/c12-9-4-7(16(18)19)3-8(10(9)13)11(17)15-6-1-2-14-5-6/h3-4,6,14H,1-2,5H2,(H,15,17). The zero-order valence-corrected chi connectivity index (χ0v) is 11.3. The van der Waals surface area contributed by atoms with E-state index in [0.29, 0.717) is 6.54 Å². The summed E-state index contributed by atoms with van der Waals surface area (Å²) < 4.78 is 0. The van der Waals surface area contributed by atoms with Gasteiger partial charge in [0.2, 0.25) is 0 Å². The van der Waals surface area contributed by atoms with Crippen LogP contribution in [0.3, 0.4) is 0 Å². The average Bonchev–Trinajstić information content (AvgIpc) is 2.84. The molecular weight excluding hydrogens is 293 g/mol. The summed E-state index contributed by atoms with van der Waals surface area (Å²) in [5.41, 5.74) is -0.239. The van der Waals surface area contributed by atoms with E-state index in [-0.39, 0.29) is 27.3 Å². The van der Waals surface area contributed by atoms with Gasteiger partial charge in [0.05, 0.1) is 20.5 Å². The van der Waals surface area contributed by atoms with Gasteiger partial charge in [-0.1, -0.05) is 23.2 Å². The van der Waals surface area contributed by atoms with Crippen LogP contribution in [-0.4, -0.2) is 30.0 Å². The lowest BCUT2D eigenvalue weighted by molar-refractivity contribution is -0.384. The van der Waals surface area contributed by atoms with Crippen LogP contribution in [0.2, 0.25) is 10.0 Å². The maximum absolute atomic E-state index is 12.0. The number of benzene rings is 1. The molecular formula is C11H11Cl2N3O3. The largest absolute Gasteiger partial charge is 0.348 e. The number of amides is 1. The summed E-state index contributed by atoms with van der Waals surface area (Å²) in [5.74, 6) is -0.454. The van der Waals surface area contributed by atoms with Gasteiger partial charge in [0.15, 0.2) is 0 Å². The SMILES string of the molecule is O=C(NC1CCNC1)c1cc([N+](=O)[O-])cc(Cl)c1Cl. The summed E-state index contributed by atoms with van der Waals surface area (Å²) in [6, 6.07) is 2.26. The van der Waals surface area contributed by atoms with Crippen LogP contribution in [0, 0.1) is 10.1 Å². The number of nitrogens with zero attached hydrogens (tertiary/aromatic N) is 1. The quantitative estimate of drug-likeness (QED) is 0.660. The molecule has 0 spiro atoms. The lowest BCUT2D eigenvalue weighted by Gasteiger charge is -2.12. The summed E-state index contributed by atoms with van der Waals surface area (Å²) in [7, 11) is 0. The van der Waals surface area contributed by atoms with Gasteiger partial charge in [0, 0.05) is 24.7 Å². The number of hydrogen-bond acceptors (Lipinski definition) is 4. The van der Waals surface area contributed by atoms with Gasteiger partial charge in [-0.3, -0.25) is 14.9 Å². The Labute approximate surface area is 119 Å². The molecule has 1 heterocycles. The van der Waals surface area contributed by atoms with Crippen LogP contribution >= 0.6 is 23.2 Å². The van der Waals surface area contributed by atoms with Gasteiger partial charge in [0.25, 0.3) is 11.6 Å². The summed E-state index contributed by atoms with van der Waals surface area (Å²) >= 11 is 11.7. The van der Waals surface area contributed by atoms with Gasteiger partial charge >= 0.3 is 0 Å². The van der Waals surface area contributed by atoms with E-state index in [4.69, 9.17) is 23.2 Å². The predicted molar refractivity (Wildman–Crippen MR) is 71.9 cm³/mol. The molecule has 1 unspecified atom stereocenters. The molecule has 1 amide bonds. The van der Waals surface area contributed by atoms with E-state index in [1.54, 1.807) is 0 Å². The molecule has 19 heavy (non-hydrogen) atoms. The molecule has 0 aromatic heterocycles. The maximum Gasteiger partial charge on any atom is 0.271 e. The zero-order valence-electron chi connectivity index (χ0n) is 9.78. The van der Waals surface area contributed by atoms with Crippen molar-refractivity contribution in [2.45, 2.75) is 12.5 Å². The van der Waals surface area contributed by atoms with Gasteiger partial charge in [-0.05, 0) is 13.0 Å². The molecule has 1 aliphatic rings. The molecule has 0 radical (unpaired) electrons. The highest BCUT2D eigenvalue weighted by atomic mass is 35.5. The predicted octanol–water partition coefficient (Wildman–Crippen LogP) is 1.99. The van der Waals surface area contributed by atoms with Gasteiger partial charge in [0.1, 0.15) is 0 Å². The molecule has 1 atom stereocenters. The monoisotopic (exact) mass is 303 g/mol. The molecule has 1 aromatic carbocycles. The number of nitro benzene ring substituents is 1. The lowest BCUT2D eigenvalue weighted by atomic mass is 10.1. The van der Waals surface area contributed by atoms with Crippen molar-refractivity contribution in [1.29, 1.82) is 0 Å². The molecule has 2 N–H and O–H groups in total. The van der Waals surface area contributed by atoms with Crippen molar-refractivity contribution in [2.75, 3.05) is 13.1 Å². The Kier molecular flexibility index (Phi) is 4.24. The molecule has 102 valence electrons. The van der Waals surface area contributed by atoms with Crippen molar-refractivity contribution in [1.82, 2.24) is 10.6 Å². The molecule has 1 saturated heterocycles. The first-order chi connectivity index (χ1) is 8.99. The highest BCUT2D eigenvalue weighted by Crippen LogP contribution is 2.30. The Hall–Kier alpha value is -1.37. The van der Waals surface area contributed by atoms with E-state index in [0.717, 1.165) is 25.1 Å². The second kappa shape index (κ2) is 5.73. The third-order valence-electron chi connectivity index (χ3n) is 2.86. The van der Waals surface area contributed by atoms with E-state index in [1.807, 2.05) is 0 Å². The van der Waals surface area contributed by atoms with E-state index >= 15 is 0 Å². The van der Waals surface area contributed by atoms with Crippen molar-refractivity contribution in [2.24, 2.45) is 0 Å². The van der Waals surface area contributed by atoms with Crippen LogP contribution in [0.1, 0.15) is 16.8 Å². The van der Waals surface area contributed by atoms with Gasteiger partial charge < -0.3 is 10.6 Å². The zero-order chi connectivity index (χ0) is 14.0. The van der Waals surface area contributed by atoms with Crippen LogP contribution in [-0.2, 0) is 0 Å². The van der Waals surface area contributed by atoms with Gasteiger partial charge in [-0.2, -0.15) is 0 Å². The third kappa shape index (κ3) is 3.15. The number of carbonyl (C=O) groups is 1. The van der Waals surface area contributed by atoms with E-state index in [9.17, 15) is 14.9 Å². The van der Waals surface area contributed by atoms with E-state index < -0.39 is 10.8 Å². The van der Waals surface area contributed by atoms with E-state index in [2.05, 4.69) is 10.6 Å². The van der Waals surface area contributed by atoms with Gasteiger partial charge in [-0.25, -0.2) is 0 Å². The van der Waals surface area contributed by atoms with Crippen LogP contribution in [0.5, 0.6) is 0 Å². The molecule has 1 aromatic rings. The van der Waals surface area contributed by atoms with Crippen molar-refractivity contribution in [3.8, 4) is 0 Å². The Bertz CT molecular complexity index is 530. The normalized spacial score (nSPS) is 18.3. The first kappa shape index (κ1) is 14.0. The fourth-order valence-corrected chi connectivity index (χ4v) is 2.29. The second-order valence-electron chi connectivity index (χ2n) is 4.21. The average molecular weight is 304 g/mol. The second-order valence-corrected chi connectivity index (χ2v) is 4.99. The Morgan fingerprint density at radius 3 is 2.79 bits per heavy atom. The van der Waals surface area contributed by atoms with E-state index in [1.165, 1.54) is 0 Å². The Balaban J connectivity index is 2.26.